The molecule has 1 heterocycles. The number of amides is 1. The zero-order valence-electron chi connectivity index (χ0n) is 19.5. The standard InChI is InChI=1S/C26H30N2O5/c1-6-15-33-20-11-12-21(17(2)16-20)24(29)22-23(18-7-9-19(32-5)10-8-18)28(14-13-27(3)4)26(31)25(22)30/h6-12,16,23,29H,1,13-15H2,2-5H3/t23-/m0/s1. The van der Waals surface area contributed by atoms with Gasteiger partial charge >= 0.3 is 0 Å². The van der Waals surface area contributed by atoms with Crippen molar-refractivity contribution >= 4 is 17.4 Å². The molecule has 0 aliphatic carbocycles. The number of benzene rings is 2. The number of likely N-dealkylation sites (tertiary alicyclic amines) is 1. The fourth-order valence-corrected chi connectivity index (χ4v) is 3.84. The zero-order chi connectivity index (χ0) is 24.1. The van der Waals surface area contributed by atoms with Gasteiger partial charge in [-0.25, -0.2) is 0 Å². The van der Waals surface area contributed by atoms with Crippen LogP contribution in [0.1, 0.15) is 22.7 Å². The normalized spacial score (nSPS) is 17.5. The summed E-state index contributed by atoms with van der Waals surface area (Å²) in [5.74, 6) is -0.229. The summed E-state index contributed by atoms with van der Waals surface area (Å²) in [6.07, 6.45) is 1.65. The maximum absolute atomic E-state index is 13.1. The van der Waals surface area contributed by atoms with Crippen LogP contribution in [-0.4, -0.2) is 67.5 Å². The molecule has 3 rings (SSSR count). The Labute approximate surface area is 194 Å². The van der Waals surface area contributed by atoms with Gasteiger partial charge < -0.3 is 24.4 Å². The van der Waals surface area contributed by atoms with E-state index in [9.17, 15) is 14.7 Å². The smallest absolute Gasteiger partial charge is 0.295 e. The molecule has 1 amide bonds. The van der Waals surface area contributed by atoms with Crippen molar-refractivity contribution in [3.63, 3.8) is 0 Å². The number of aliphatic hydroxyl groups is 1. The first-order chi connectivity index (χ1) is 15.8. The van der Waals surface area contributed by atoms with Crippen molar-refractivity contribution in [3.05, 3.63) is 77.4 Å². The molecule has 1 aliphatic heterocycles. The van der Waals surface area contributed by atoms with Gasteiger partial charge in [0.05, 0.1) is 18.7 Å². The second kappa shape index (κ2) is 10.4. The van der Waals surface area contributed by atoms with Crippen LogP contribution in [0.4, 0.5) is 0 Å². The molecule has 0 unspecified atom stereocenters. The molecular formula is C26H30N2O5. The zero-order valence-corrected chi connectivity index (χ0v) is 19.5. The van der Waals surface area contributed by atoms with E-state index in [1.165, 1.54) is 4.90 Å². The van der Waals surface area contributed by atoms with Gasteiger partial charge in [0.1, 0.15) is 23.9 Å². The minimum atomic E-state index is -0.702. The van der Waals surface area contributed by atoms with Gasteiger partial charge in [0.15, 0.2) is 0 Å². The molecule has 0 saturated carbocycles. The number of likely N-dealkylation sites (N-methyl/N-ethyl adjacent to an activating group) is 1. The molecular weight excluding hydrogens is 420 g/mol. The summed E-state index contributed by atoms with van der Waals surface area (Å²) in [7, 11) is 5.38. The van der Waals surface area contributed by atoms with Crippen LogP contribution in [0.25, 0.3) is 5.76 Å². The van der Waals surface area contributed by atoms with Gasteiger partial charge in [-0.2, -0.15) is 0 Å². The third kappa shape index (κ3) is 5.09. The van der Waals surface area contributed by atoms with E-state index in [-0.39, 0.29) is 11.3 Å². The summed E-state index contributed by atoms with van der Waals surface area (Å²) in [4.78, 5) is 29.6. The van der Waals surface area contributed by atoms with Crippen molar-refractivity contribution in [1.82, 2.24) is 9.80 Å². The number of Topliss-reactive ketones (excluding diaryl/α,β-unsaturated/α-hetero) is 1. The molecule has 7 nitrogen and oxygen atoms in total. The van der Waals surface area contributed by atoms with Crippen LogP contribution in [0.3, 0.4) is 0 Å². The number of carbonyl (C=O) groups is 2. The Kier molecular flexibility index (Phi) is 7.55. The molecule has 0 aromatic heterocycles. The molecule has 174 valence electrons. The molecule has 0 radical (unpaired) electrons. The minimum Gasteiger partial charge on any atom is -0.507 e. The number of ether oxygens (including phenoxy) is 2. The van der Waals surface area contributed by atoms with Gasteiger partial charge in [0.25, 0.3) is 11.7 Å². The number of aliphatic hydroxyl groups excluding tert-OH is 1. The van der Waals surface area contributed by atoms with Gasteiger partial charge in [0, 0.05) is 18.7 Å². The maximum Gasteiger partial charge on any atom is 0.295 e. The van der Waals surface area contributed by atoms with E-state index in [1.807, 2.05) is 38.1 Å². The molecule has 7 heteroatoms. The lowest BCUT2D eigenvalue weighted by molar-refractivity contribution is -0.140. The van der Waals surface area contributed by atoms with Gasteiger partial charge in [-0.3, -0.25) is 9.59 Å². The van der Waals surface area contributed by atoms with Crippen LogP contribution in [0.15, 0.2) is 60.7 Å². The Morgan fingerprint density at radius 2 is 1.82 bits per heavy atom. The number of ketones is 1. The van der Waals surface area contributed by atoms with Crippen molar-refractivity contribution in [3.8, 4) is 11.5 Å². The summed E-state index contributed by atoms with van der Waals surface area (Å²) in [6, 6.07) is 11.7. The Morgan fingerprint density at radius 1 is 1.15 bits per heavy atom. The number of carbonyl (C=O) groups excluding carboxylic acids is 2. The first-order valence-electron chi connectivity index (χ1n) is 10.7. The summed E-state index contributed by atoms with van der Waals surface area (Å²) < 4.78 is 10.8. The van der Waals surface area contributed by atoms with E-state index in [4.69, 9.17) is 9.47 Å². The summed E-state index contributed by atoms with van der Waals surface area (Å²) >= 11 is 0. The fraction of sp³-hybridized carbons (Fsp3) is 0.308. The maximum atomic E-state index is 13.1. The van der Waals surface area contributed by atoms with Gasteiger partial charge in [-0.05, 0) is 62.5 Å². The lowest BCUT2D eigenvalue weighted by atomic mass is 9.94. The molecule has 1 aliphatic rings. The highest BCUT2D eigenvalue weighted by Crippen LogP contribution is 2.40. The monoisotopic (exact) mass is 450 g/mol. The Morgan fingerprint density at radius 3 is 2.39 bits per heavy atom. The molecule has 1 N–H and O–H groups in total. The van der Waals surface area contributed by atoms with Gasteiger partial charge in [0.2, 0.25) is 0 Å². The third-order valence-electron chi connectivity index (χ3n) is 5.58. The Bertz CT molecular complexity index is 1070. The molecule has 33 heavy (non-hydrogen) atoms. The van der Waals surface area contributed by atoms with Crippen LogP contribution in [0, 0.1) is 6.92 Å². The average molecular weight is 451 g/mol. The second-order valence-corrected chi connectivity index (χ2v) is 8.15. The summed E-state index contributed by atoms with van der Waals surface area (Å²) in [6.45, 7) is 6.74. The number of rotatable bonds is 9. The highest BCUT2D eigenvalue weighted by molar-refractivity contribution is 6.46. The molecule has 0 spiro atoms. The Balaban J connectivity index is 2.11. The molecule has 0 bridgehead atoms. The predicted molar refractivity (Wildman–Crippen MR) is 127 cm³/mol. The number of aryl methyl sites for hydroxylation is 1. The topological polar surface area (TPSA) is 79.3 Å². The van der Waals surface area contributed by atoms with Crippen molar-refractivity contribution < 1.29 is 24.2 Å². The van der Waals surface area contributed by atoms with Crippen molar-refractivity contribution in [2.75, 3.05) is 40.9 Å². The van der Waals surface area contributed by atoms with Crippen LogP contribution in [-0.2, 0) is 9.59 Å². The largest absolute Gasteiger partial charge is 0.507 e. The lowest BCUT2D eigenvalue weighted by Crippen LogP contribution is -2.35. The first kappa shape index (κ1) is 24.1. The second-order valence-electron chi connectivity index (χ2n) is 8.15. The summed E-state index contributed by atoms with van der Waals surface area (Å²) in [5.41, 5.74) is 2.00. The number of hydrogen-bond acceptors (Lipinski definition) is 6. The third-order valence-corrected chi connectivity index (χ3v) is 5.58. The number of nitrogens with zero attached hydrogens (tertiary/aromatic N) is 2. The molecule has 1 saturated heterocycles. The number of methoxy groups -OCH3 is 1. The molecule has 2 aromatic carbocycles. The predicted octanol–water partition coefficient (Wildman–Crippen LogP) is 3.55. The van der Waals surface area contributed by atoms with Gasteiger partial charge in [-0.15, -0.1) is 0 Å². The quantitative estimate of drug-likeness (QED) is 0.272. The van der Waals surface area contributed by atoms with Crippen LogP contribution < -0.4 is 9.47 Å². The van der Waals surface area contributed by atoms with Crippen molar-refractivity contribution in [2.45, 2.75) is 13.0 Å². The van der Waals surface area contributed by atoms with E-state index in [2.05, 4.69) is 6.58 Å². The van der Waals surface area contributed by atoms with Gasteiger partial charge in [-0.1, -0.05) is 24.8 Å². The van der Waals surface area contributed by atoms with E-state index >= 15 is 0 Å². The van der Waals surface area contributed by atoms with Crippen LogP contribution in [0.2, 0.25) is 0 Å². The fourth-order valence-electron chi connectivity index (χ4n) is 3.84. The SMILES string of the molecule is C=CCOc1ccc(C(O)=C2C(=O)C(=O)N(CCN(C)C)[C@H]2c2ccc(OC)cc2)c(C)c1. The number of hydrogen-bond donors (Lipinski definition) is 1. The van der Waals surface area contributed by atoms with E-state index in [0.717, 1.165) is 11.1 Å². The highest BCUT2D eigenvalue weighted by atomic mass is 16.5. The average Bonchev–Trinajstić information content (AvgIpc) is 3.05. The lowest BCUT2D eigenvalue weighted by Gasteiger charge is -2.26. The van der Waals surface area contributed by atoms with E-state index in [1.54, 1.807) is 43.5 Å². The van der Waals surface area contributed by atoms with Crippen molar-refractivity contribution in [1.29, 1.82) is 0 Å². The van der Waals surface area contributed by atoms with E-state index in [0.29, 0.717) is 36.8 Å². The van der Waals surface area contributed by atoms with Crippen LogP contribution in [0.5, 0.6) is 11.5 Å². The first-order valence-corrected chi connectivity index (χ1v) is 10.7. The molecule has 1 atom stereocenters. The van der Waals surface area contributed by atoms with Crippen molar-refractivity contribution in [2.24, 2.45) is 0 Å². The molecule has 1 fully saturated rings. The summed E-state index contributed by atoms with van der Waals surface area (Å²) in [5, 5.41) is 11.3. The molecule has 2 aromatic rings. The highest BCUT2D eigenvalue weighted by Gasteiger charge is 2.46. The Hall–Kier alpha value is -3.58. The van der Waals surface area contributed by atoms with E-state index < -0.39 is 17.7 Å². The minimum absolute atomic E-state index is 0.0757. The van der Waals surface area contributed by atoms with Crippen LogP contribution >= 0.6 is 0 Å².